The van der Waals surface area contributed by atoms with Gasteiger partial charge in [-0.1, -0.05) is 443 Å². The molecule has 0 unspecified atom stereocenters. The summed E-state index contributed by atoms with van der Waals surface area (Å²) in [4.78, 5) is 30.3. The van der Waals surface area contributed by atoms with Gasteiger partial charge >= 0.3 is 0 Å². The maximum absolute atomic E-state index is 5.15. The van der Waals surface area contributed by atoms with E-state index >= 15 is 0 Å². The number of nitrogens with zero attached hydrogens (tertiary/aromatic N) is 6. The Morgan fingerprint density at radius 3 is 0.754 bits per heavy atom. The Labute approximate surface area is 686 Å². The van der Waals surface area contributed by atoms with Gasteiger partial charge in [0.2, 0.25) is 0 Å². The molecule has 118 heavy (non-hydrogen) atoms. The molecule has 22 rings (SSSR count). The van der Waals surface area contributed by atoms with E-state index in [0.717, 1.165) is 61.2 Å². The Hall–Kier alpha value is -15.5. The number of aromatic nitrogens is 6. The van der Waals surface area contributed by atoms with Crippen molar-refractivity contribution in [3.63, 3.8) is 0 Å². The monoisotopic (exact) mass is 1500 g/mol. The van der Waals surface area contributed by atoms with Gasteiger partial charge in [0.25, 0.3) is 0 Å². The molecule has 0 bridgehead atoms. The minimum Gasteiger partial charge on any atom is -0.208 e. The fourth-order valence-electron chi connectivity index (χ4n) is 18.6. The van der Waals surface area contributed by atoms with E-state index in [-0.39, 0.29) is 0 Å². The maximum atomic E-state index is 5.15. The predicted molar refractivity (Wildman–Crippen MR) is 484 cm³/mol. The lowest BCUT2D eigenvalue weighted by Crippen LogP contribution is -2.28. The summed E-state index contributed by atoms with van der Waals surface area (Å²) < 4.78 is 0. The van der Waals surface area contributed by atoms with Crippen molar-refractivity contribution >= 4 is 21.5 Å². The highest BCUT2D eigenvalue weighted by molar-refractivity contribution is 6.10. The van der Waals surface area contributed by atoms with Crippen molar-refractivity contribution in [2.24, 2.45) is 0 Å². The first-order valence-corrected chi connectivity index (χ1v) is 40.2. The highest BCUT2D eigenvalue weighted by Gasteiger charge is 2.49. The van der Waals surface area contributed by atoms with E-state index in [0.29, 0.717) is 34.9 Å². The molecule has 0 N–H and O–H groups in total. The second-order valence-corrected chi connectivity index (χ2v) is 30.1. The van der Waals surface area contributed by atoms with Crippen LogP contribution in [0.15, 0.2) is 449 Å². The lowest BCUT2D eigenvalue weighted by molar-refractivity contribution is 0.775. The van der Waals surface area contributed by atoms with E-state index in [1.54, 1.807) is 0 Å². The molecule has 552 valence electrons. The minimum atomic E-state index is -0.510. The first-order chi connectivity index (χ1) is 58.6. The van der Waals surface area contributed by atoms with E-state index in [1.165, 1.54) is 105 Å². The van der Waals surface area contributed by atoms with E-state index in [2.05, 4.69) is 352 Å². The lowest BCUT2D eigenvalue weighted by atomic mass is 9.66. The molecule has 6 nitrogen and oxygen atoms in total. The van der Waals surface area contributed by atoms with Gasteiger partial charge in [-0.25, -0.2) is 29.9 Å². The van der Waals surface area contributed by atoms with Crippen molar-refractivity contribution in [1.82, 2.24) is 29.9 Å². The van der Waals surface area contributed by atoms with Gasteiger partial charge < -0.3 is 0 Å². The number of hydrogen-bond donors (Lipinski definition) is 0. The van der Waals surface area contributed by atoms with Crippen molar-refractivity contribution in [1.29, 1.82) is 0 Å². The second-order valence-electron chi connectivity index (χ2n) is 30.1. The molecule has 2 aliphatic rings. The summed E-state index contributed by atoms with van der Waals surface area (Å²) in [6.45, 7) is 0. The van der Waals surface area contributed by atoms with Gasteiger partial charge in [-0.05, 0) is 139 Å². The molecular formula is C112H74N6. The second kappa shape index (κ2) is 30.1. The van der Waals surface area contributed by atoms with Crippen LogP contribution in [0.5, 0.6) is 0 Å². The van der Waals surface area contributed by atoms with E-state index in [1.807, 2.05) is 97.1 Å². The maximum Gasteiger partial charge on any atom is 0.164 e. The Balaban J connectivity index is 0.000000147. The zero-order valence-electron chi connectivity index (χ0n) is 64.4. The van der Waals surface area contributed by atoms with Gasteiger partial charge in [0.1, 0.15) is 0 Å². The third-order valence-corrected chi connectivity index (χ3v) is 23.7. The molecular weight excluding hydrogens is 1430 g/mol. The molecule has 18 aromatic carbocycles. The Morgan fingerprint density at radius 1 is 0.136 bits per heavy atom. The summed E-state index contributed by atoms with van der Waals surface area (Å²) in [5.74, 6) is 3.84. The van der Waals surface area contributed by atoms with E-state index in [4.69, 9.17) is 29.9 Å². The van der Waals surface area contributed by atoms with E-state index in [9.17, 15) is 0 Å². The zero-order chi connectivity index (χ0) is 78.4. The molecule has 2 aliphatic carbocycles. The number of hydrogen-bond acceptors (Lipinski definition) is 6. The molecule has 0 radical (unpaired) electrons. The third kappa shape index (κ3) is 12.0. The van der Waals surface area contributed by atoms with Gasteiger partial charge in [0.15, 0.2) is 34.9 Å². The topological polar surface area (TPSA) is 77.3 Å². The molecule has 2 aromatic heterocycles. The SMILES string of the molecule is c1ccc(-c2nc(-c3ccccc3)nc(-c3cccc(-c4ccccc4-c4cccc5c6c(ccc45)-c4ccccc4C6(c4ccccc4)c4ccccc4)c3)n2)cc1.c1ccc(-c2nc(-c3ccccc3)nc(-c3ccccc3-c3ccccc3-c3cccc4c5c(ccc34)-c3ccccc3C5(c3ccccc3)c3ccccc3)n2)cc1. The van der Waals surface area contributed by atoms with Crippen LogP contribution in [0.2, 0.25) is 0 Å². The summed E-state index contributed by atoms with van der Waals surface area (Å²) in [7, 11) is 0. The summed E-state index contributed by atoms with van der Waals surface area (Å²) in [5, 5.41) is 4.92. The molecule has 0 saturated carbocycles. The highest BCUT2D eigenvalue weighted by atomic mass is 15.0. The summed E-state index contributed by atoms with van der Waals surface area (Å²) in [6.07, 6.45) is 0. The van der Waals surface area contributed by atoms with Crippen LogP contribution in [0.25, 0.3) is 157 Å². The number of rotatable bonds is 14. The zero-order valence-corrected chi connectivity index (χ0v) is 64.4. The molecule has 0 saturated heterocycles. The average Bonchev–Trinajstić information content (AvgIpc) is 1.53. The van der Waals surface area contributed by atoms with Crippen LogP contribution in [0.4, 0.5) is 0 Å². The summed E-state index contributed by atoms with van der Waals surface area (Å²) in [5.41, 5.74) is 29.1. The average molecular weight is 1500 g/mol. The van der Waals surface area contributed by atoms with Crippen molar-refractivity contribution in [2.45, 2.75) is 10.8 Å². The highest BCUT2D eigenvalue weighted by Crippen LogP contribution is 2.61. The molecule has 0 amide bonds. The van der Waals surface area contributed by atoms with Crippen LogP contribution in [-0.4, -0.2) is 29.9 Å². The smallest absolute Gasteiger partial charge is 0.164 e. The Kier molecular flexibility index (Phi) is 18.0. The van der Waals surface area contributed by atoms with Crippen LogP contribution in [0.3, 0.4) is 0 Å². The molecule has 6 heteroatoms. The van der Waals surface area contributed by atoms with Crippen molar-refractivity contribution in [3.05, 3.63) is 493 Å². The van der Waals surface area contributed by atoms with Gasteiger partial charge in [-0.3, -0.25) is 0 Å². The summed E-state index contributed by atoms with van der Waals surface area (Å²) in [6, 6.07) is 160. The van der Waals surface area contributed by atoms with Crippen LogP contribution in [-0.2, 0) is 10.8 Å². The normalized spacial score (nSPS) is 12.5. The number of benzene rings is 18. The molecule has 0 aliphatic heterocycles. The van der Waals surface area contributed by atoms with Crippen molar-refractivity contribution in [2.75, 3.05) is 0 Å². The van der Waals surface area contributed by atoms with Crippen LogP contribution >= 0.6 is 0 Å². The molecule has 20 aromatic rings. The Morgan fingerprint density at radius 2 is 0.381 bits per heavy atom. The minimum absolute atomic E-state index is 0.498. The van der Waals surface area contributed by atoms with Gasteiger partial charge in [0, 0.05) is 33.4 Å². The van der Waals surface area contributed by atoms with Crippen LogP contribution in [0.1, 0.15) is 44.5 Å². The first-order valence-electron chi connectivity index (χ1n) is 40.2. The van der Waals surface area contributed by atoms with Crippen LogP contribution in [0, 0.1) is 0 Å². The quantitative estimate of drug-likeness (QED) is 0.108. The number of fused-ring (bicyclic) bond motifs is 10. The predicted octanol–water partition coefficient (Wildman–Crippen LogP) is 27.4. The van der Waals surface area contributed by atoms with Crippen molar-refractivity contribution in [3.8, 4) is 135 Å². The van der Waals surface area contributed by atoms with Gasteiger partial charge in [0.05, 0.1) is 10.8 Å². The molecule has 2 heterocycles. The fraction of sp³-hybridized carbons (Fsp3) is 0.0179. The molecule has 0 spiro atoms. The van der Waals surface area contributed by atoms with Gasteiger partial charge in [-0.15, -0.1) is 0 Å². The fourth-order valence-corrected chi connectivity index (χ4v) is 18.6. The van der Waals surface area contributed by atoms with Crippen molar-refractivity contribution < 1.29 is 0 Å². The van der Waals surface area contributed by atoms with E-state index < -0.39 is 10.8 Å². The first kappa shape index (κ1) is 70.4. The third-order valence-electron chi connectivity index (χ3n) is 23.7. The molecule has 0 fully saturated rings. The lowest BCUT2D eigenvalue weighted by Gasteiger charge is -2.34. The largest absolute Gasteiger partial charge is 0.208 e. The standard InChI is InChI=1S/2C56H37N3/c1-5-19-38(20-6-1)53-57-54(39-21-7-2-8-22-39)59-55(58-53)41-24-17-23-40(37-41)44-29-13-14-30-45(44)46-32-18-33-49-47(46)35-36-50-48-31-15-16-34-51(48)56(52(49)50,42-25-9-3-10-26-42)43-27-11-4-12-28-43;1-5-20-38(21-6-1)53-57-54(39-22-7-2-8-23-39)59-55(58-53)50-32-16-15-30-45(50)43-29-14-13-28-42(43)44-33-19-34-48-46(44)36-37-49-47-31-17-18-35-51(47)56(52(48)49,40-24-9-3-10-25-40)41-26-11-4-12-27-41/h2*1-37H. The van der Waals surface area contributed by atoms with Gasteiger partial charge in [-0.2, -0.15) is 0 Å². The van der Waals surface area contributed by atoms with Crippen LogP contribution < -0.4 is 0 Å². The molecule has 0 atom stereocenters. The summed E-state index contributed by atoms with van der Waals surface area (Å²) >= 11 is 0. The Bertz CT molecular complexity index is 6950.